The second-order valence-electron chi connectivity index (χ2n) is 9.59. The molecule has 1 rings (SSSR count). The summed E-state index contributed by atoms with van der Waals surface area (Å²) in [5.74, 6) is 0. The van der Waals surface area contributed by atoms with Crippen LogP contribution in [0, 0.1) is 0 Å². The topological polar surface area (TPSA) is 46.1 Å². The molecule has 1 aromatic carbocycles. The van der Waals surface area contributed by atoms with E-state index in [1.165, 1.54) is 120 Å². The third-order valence-corrected chi connectivity index (χ3v) is 9.25. The molecule has 0 N–H and O–H groups in total. The molecular formula is C28H49O2PS2Zn. The number of hydrogen-bond donors (Lipinski definition) is 0. The van der Waals surface area contributed by atoms with Crippen molar-refractivity contribution >= 4 is 28.9 Å². The Morgan fingerprint density at radius 3 is 1.50 bits per heavy atom. The van der Waals surface area contributed by atoms with E-state index in [9.17, 15) is 9.79 Å². The predicted octanol–water partition coefficient (Wildman–Crippen LogP) is 8.87. The van der Waals surface area contributed by atoms with Crippen LogP contribution in [0.4, 0.5) is 0 Å². The SMILES string of the molecule is CCCCCCCCCCCc1cccc(SP([O-])([O-])=S)c1CCCCCCCCCCC.[Zn+2]. The normalized spacial score (nSPS) is 11.5. The molecule has 0 bridgehead atoms. The molecule has 192 valence electrons. The minimum atomic E-state index is -3.80. The van der Waals surface area contributed by atoms with Crippen molar-refractivity contribution in [1.82, 2.24) is 0 Å². The molecule has 0 aromatic heterocycles. The van der Waals surface area contributed by atoms with Crippen molar-refractivity contribution in [3.05, 3.63) is 29.3 Å². The molecule has 2 nitrogen and oxygen atoms in total. The maximum atomic E-state index is 11.8. The monoisotopic (exact) mass is 576 g/mol. The van der Waals surface area contributed by atoms with Gasteiger partial charge in [0.05, 0.1) is 0 Å². The fourth-order valence-electron chi connectivity index (χ4n) is 4.57. The van der Waals surface area contributed by atoms with Crippen molar-refractivity contribution in [3.8, 4) is 0 Å². The van der Waals surface area contributed by atoms with Gasteiger partial charge in [-0.15, -0.1) is 23.2 Å². The molecule has 0 atom stereocenters. The molecule has 0 spiro atoms. The number of hydrogen-bond acceptors (Lipinski definition) is 4. The van der Waals surface area contributed by atoms with Crippen LogP contribution in [0.3, 0.4) is 0 Å². The van der Waals surface area contributed by atoms with Crippen molar-refractivity contribution in [2.75, 3.05) is 0 Å². The fourth-order valence-corrected chi connectivity index (χ4v) is 7.26. The average Bonchev–Trinajstić information content (AvgIpc) is 2.77. The van der Waals surface area contributed by atoms with Gasteiger partial charge in [-0.2, -0.15) is 5.69 Å². The molecule has 0 aliphatic heterocycles. The van der Waals surface area contributed by atoms with Crippen LogP contribution >= 0.6 is 17.1 Å². The fraction of sp³-hybridized carbons (Fsp3) is 0.786. The maximum Gasteiger partial charge on any atom is 2.00 e. The molecule has 0 aliphatic rings. The Kier molecular flexibility index (Phi) is 23.4. The summed E-state index contributed by atoms with van der Waals surface area (Å²) in [5.41, 5.74) is -1.22. The summed E-state index contributed by atoms with van der Waals surface area (Å²) >= 11 is 5.61. The zero-order chi connectivity index (χ0) is 24.2. The molecule has 0 saturated carbocycles. The Morgan fingerprint density at radius 1 is 0.647 bits per heavy atom. The van der Waals surface area contributed by atoms with Crippen molar-refractivity contribution in [2.24, 2.45) is 0 Å². The van der Waals surface area contributed by atoms with E-state index in [2.05, 4.69) is 19.9 Å². The van der Waals surface area contributed by atoms with Gasteiger partial charge in [0.1, 0.15) is 0 Å². The third-order valence-electron chi connectivity index (χ3n) is 6.52. The Bertz CT molecular complexity index is 651. The Hall–Kier alpha value is 0.763. The van der Waals surface area contributed by atoms with Gasteiger partial charge in [-0.3, -0.25) is 0 Å². The summed E-state index contributed by atoms with van der Waals surface area (Å²) < 4.78 is 0. The van der Waals surface area contributed by atoms with Crippen molar-refractivity contribution in [1.29, 1.82) is 0 Å². The third kappa shape index (κ3) is 19.0. The van der Waals surface area contributed by atoms with Gasteiger partial charge >= 0.3 is 19.5 Å². The van der Waals surface area contributed by atoms with Gasteiger partial charge in [0.2, 0.25) is 0 Å². The average molecular weight is 578 g/mol. The molecule has 34 heavy (non-hydrogen) atoms. The van der Waals surface area contributed by atoms with Crippen LogP contribution in [0.5, 0.6) is 0 Å². The smallest absolute Gasteiger partial charge is 0.824 e. The van der Waals surface area contributed by atoms with Crippen LogP contribution in [0.25, 0.3) is 0 Å². The van der Waals surface area contributed by atoms with Crippen LogP contribution in [-0.4, -0.2) is 0 Å². The number of unbranched alkanes of at least 4 members (excludes halogenated alkanes) is 16. The first-order valence-electron chi connectivity index (χ1n) is 13.8. The quantitative estimate of drug-likeness (QED) is 0.0784. The van der Waals surface area contributed by atoms with E-state index in [4.69, 9.17) is 11.8 Å². The molecule has 0 radical (unpaired) electrons. The zero-order valence-electron chi connectivity index (χ0n) is 22.2. The standard InChI is InChI=1S/C28H51O2PS2.Zn/c1-3-5-7-9-11-13-15-17-19-22-26-23-21-25-28(33-31(29,30)32)27(26)24-20-18-16-14-12-10-8-6-4-2;/h21,23,25H,3-20,22,24H2,1-2H3,(H2,29,30,32);/q;+2/p-2. The summed E-state index contributed by atoms with van der Waals surface area (Å²) in [6.45, 7) is 4.53. The Balaban J connectivity index is 0.0000109. The molecule has 0 unspecified atom stereocenters. The summed E-state index contributed by atoms with van der Waals surface area (Å²) in [4.78, 5) is 24.5. The number of rotatable bonds is 22. The predicted molar refractivity (Wildman–Crippen MR) is 148 cm³/mol. The Morgan fingerprint density at radius 2 is 1.06 bits per heavy atom. The van der Waals surface area contributed by atoms with Crippen LogP contribution in [0.1, 0.15) is 141 Å². The molecule has 0 fully saturated rings. The van der Waals surface area contributed by atoms with Gasteiger partial charge in [-0.05, 0) is 42.9 Å². The first kappa shape index (κ1) is 34.8. The second kappa shape index (κ2) is 22.9. The number of aryl methyl sites for hydroxylation is 1. The van der Waals surface area contributed by atoms with Gasteiger partial charge in [0.15, 0.2) is 0 Å². The van der Waals surface area contributed by atoms with Crippen molar-refractivity contribution < 1.29 is 29.3 Å². The van der Waals surface area contributed by atoms with Gasteiger partial charge in [-0.1, -0.05) is 129 Å². The Labute approximate surface area is 233 Å². The summed E-state index contributed by atoms with van der Waals surface area (Å²) in [5, 5.41) is 0. The van der Waals surface area contributed by atoms with E-state index in [0.29, 0.717) is 0 Å². The largest absolute Gasteiger partial charge is 2.00 e. The number of benzene rings is 1. The van der Waals surface area contributed by atoms with E-state index >= 15 is 0 Å². The molecule has 0 heterocycles. The van der Waals surface area contributed by atoms with Crippen LogP contribution in [-0.2, 0) is 44.1 Å². The van der Waals surface area contributed by atoms with E-state index in [0.717, 1.165) is 35.5 Å². The molecule has 0 aliphatic carbocycles. The van der Waals surface area contributed by atoms with Gasteiger partial charge in [0.25, 0.3) is 0 Å². The first-order valence-corrected chi connectivity index (χ1v) is 17.9. The van der Waals surface area contributed by atoms with Gasteiger partial charge in [-0.25, -0.2) is 0 Å². The van der Waals surface area contributed by atoms with Gasteiger partial charge < -0.3 is 9.79 Å². The molecule has 1 aromatic rings. The van der Waals surface area contributed by atoms with E-state index in [1.807, 2.05) is 12.1 Å². The maximum absolute atomic E-state index is 11.8. The molecule has 0 amide bonds. The van der Waals surface area contributed by atoms with Crippen LogP contribution in [0.2, 0.25) is 0 Å². The van der Waals surface area contributed by atoms with Crippen molar-refractivity contribution in [2.45, 2.75) is 147 Å². The summed E-state index contributed by atoms with van der Waals surface area (Å²) in [6, 6.07) is 6.16. The van der Waals surface area contributed by atoms with Crippen molar-refractivity contribution in [3.63, 3.8) is 0 Å². The van der Waals surface area contributed by atoms with Crippen LogP contribution in [0.15, 0.2) is 23.1 Å². The molecular weight excluding hydrogens is 529 g/mol. The van der Waals surface area contributed by atoms with E-state index < -0.39 is 5.69 Å². The summed E-state index contributed by atoms with van der Waals surface area (Å²) in [7, 11) is 0. The molecule has 6 heteroatoms. The minimum absolute atomic E-state index is 0. The molecule has 0 saturated heterocycles. The van der Waals surface area contributed by atoms with Gasteiger partial charge in [0, 0.05) is 4.90 Å². The first-order chi connectivity index (χ1) is 16.0. The van der Waals surface area contributed by atoms with E-state index in [-0.39, 0.29) is 19.5 Å². The zero-order valence-corrected chi connectivity index (χ0v) is 27.7. The second-order valence-corrected chi connectivity index (χ2v) is 15.2. The van der Waals surface area contributed by atoms with Crippen LogP contribution < -0.4 is 9.79 Å². The minimum Gasteiger partial charge on any atom is -0.824 e. The van der Waals surface area contributed by atoms with E-state index in [1.54, 1.807) is 0 Å². The summed E-state index contributed by atoms with van der Waals surface area (Å²) in [6.07, 6.45) is 25.7.